The van der Waals surface area contributed by atoms with E-state index in [1.807, 2.05) is 30.5 Å². The van der Waals surface area contributed by atoms with Crippen molar-refractivity contribution in [2.24, 2.45) is 0 Å². The number of thioether (sulfide) groups is 1. The molecule has 0 saturated carbocycles. The van der Waals surface area contributed by atoms with Crippen molar-refractivity contribution in [3.05, 3.63) is 64.3 Å². The predicted molar refractivity (Wildman–Crippen MR) is 132 cm³/mol. The number of carbonyl (C=O) groups excluding carboxylic acids is 1. The summed E-state index contributed by atoms with van der Waals surface area (Å²) in [5.41, 5.74) is 0.802. The zero-order valence-electron chi connectivity index (χ0n) is 19.2. The minimum atomic E-state index is -0.486. The molecule has 0 bridgehead atoms. The molecule has 1 fully saturated rings. The minimum Gasteiger partial charge on any atom is -0.435 e. The molecule has 1 amide bonds. The van der Waals surface area contributed by atoms with E-state index >= 15 is 0 Å². The van der Waals surface area contributed by atoms with Gasteiger partial charge in [-0.05, 0) is 43.6 Å². The Hall–Kier alpha value is -3.21. The first-order valence-corrected chi connectivity index (χ1v) is 12.3. The Kier molecular flexibility index (Phi) is 7.61. The van der Waals surface area contributed by atoms with Gasteiger partial charge >= 0.3 is 0 Å². The first-order valence-electron chi connectivity index (χ1n) is 11.0. The maximum absolute atomic E-state index is 13.1. The summed E-state index contributed by atoms with van der Waals surface area (Å²) in [6, 6.07) is 13.8. The monoisotopic (exact) mass is 481 g/mol. The van der Waals surface area contributed by atoms with E-state index in [0.717, 1.165) is 37.6 Å². The van der Waals surface area contributed by atoms with Gasteiger partial charge in [0.15, 0.2) is 11.5 Å². The molecule has 1 N–H and O–H groups in total. The Balaban J connectivity index is 1.61. The van der Waals surface area contributed by atoms with E-state index < -0.39 is 10.8 Å². The van der Waals surface area contributed by atoms with Gasteiger partial charge in [-0.15, -0.1) is 11.8 Å². The molecule has 1 aromatic heterocycles. The summed E-state index contributed by atoms with van der Waals surface area (Å²) in [6.45, 7) is 5.07. The molecule has 0 unspecified atom stereocenters. The van der Waals surface area contributed by atoms with Gasteiger partial charge in [-0.3, -0.25) is 19.8 Å². The smallest absolute Gasteiger partial charge is 0.280 e. The molecule has 0 aliphatic carbocycles. The van der Waals surface area contributed by atoms with Crippen LogP contribution in [0.25, 0.3) is 22.8 Å². The third-order valence-corrected chi connectivity index (χ3v) is 6.58. The van der Waals surface area contributed by atoms with E-state index in [9.17, 15) is 14.9 Å². The molecule has 1 aliphatic heterocycles. The number of nitro benzene ring substituents is 1. The highest BCUT2D eigenvalue weighted by atomic mass is 32.2. The molecular weight excluding hydrogens is 454 g/mol. The summed E-state index contributed by atoms with van der Waals surface area (Å²) in [7, 11) is 2.10. The summed E-state index contributed by atoms with van der Waals surface area (Å²) in [5, 5.41) is 14.5. The number of likely N-dealkylation sites (N-methyl/N-ethyl adjacent to an activating group) is 1. The summed E-state index contributed by atoms with van der Waals surface area (Å²) in [6.07, 6.45) is 1.98. The Morgan fingerprint density at radius 2 is 1.85 bits per heavy atom. The number of amides is 1. The lowest BCUT2D eigenvalue weighted by atomic mass is 10.1. The molecule has 10 heteroatoms. The largest absolute Gasteiger partial charge is 0.435 e. The fraction of sp³-hybridized carbons (Fsp3) is 0.333. The fourth-order valence-electron chi connectivity index (χ4n) is 3.82. The van der Waals surface area contributed by atoms with Crippen molar-refractivity contribution in [1.29, 1.82) is 0 Å². The molecule has 34 heavy (non-hydrogen) atoms. The molecule has 3 aromatic rings. The van der Waals surface area contributed by atoms with Crippen molar-refractivity contribution in [3.8, 4) is 22.8 Å². The second-order valence-electron chi connectivity index (χ2n) is 8.10. The van der Waals surface area contributed by atoms with Crippen LogP contribution in [0.4, 0.5) is 5.69 Å². The van der Waals surface area contributed by atoms with Crippen LogP contribution < -0.4 is 5.32 Å². The number of carbonyl (C=O) groups is 1. The van der Waals surface area contributed by atoms with Crippen molar-refractivity contribution in [1.82, 2.24) is 20.1 Å². The molecule has 2 heterocycles. The molecule has 1 saturated heterocycles. The number of oxazole rings is 1. The second-order valence-corrected chi connectivity index (χ2v) is 8.98. The topological polar surface area (TPSA) is 105 Å². The van der Waals surface area contributed by atoms with E-state index in [1.165, 1.54) is 6.07 Å². The molecule has 2 aromatic carbocycles. The third kappa shape index (κ3) is 5.46. The van der Waals surface area contributed by atoms with Gasteiger partial charge in [-0.2, -0.15) is 0 Å². The normalized spacial score (nSPS) is 14.8. The number of piperazine rings is 1. The van der Waals surface area contributed by atoms with E-state index in [1.54, 1.807) is 30.0 Å². The van der Waals surface area contributed by atoms with Crippen molar-refractivity contribution >= 4 is 23.4 Å². The maximum atomic E-state index is 13.1. The van der Waals surface area contributed by atoms with Gasteiger partial charge in [0.05, 0.1) is 10.5 Å². The van der Waals surface area contributed by atoms with E-state index in [-0.39, 0.29) is 28.6 Å². The van der Waals surface area contributed by atoms with Crippen LogP contribution >= 0.6 is 11.8 Å². The summed E-state index contributed by atoms with van der Waals surface area (Å²) in [5.74, 6) is -0.0867. The lowest BCUT2D eigenvalue weighted by Gasteiger charge is -2.32. The average molecular weight is 482 g/mol. The number of rotatable bonds is 8. The summed E-state index contributed by atoms with van der Waals surface area (Å²) < 4.78 is 5.98. The van der Waals surface area contributed by atoms with Crippen LogP contribution in [0, 0.1) is 10.1 Å². The van der Waals surface area contributed by atoms with E-state index in [4.69, 9.17) is 4.42 Å². The van der Waals surface area contributed by atoms with Crippen LogP contribution in [0.15, 0.2) is 57.8 Å². The van der Waals surface area contributed by atoms with Gasteiger partial charge < -0.3 is 14.6 Å². The molecule has 0 spiro atoms. The van der Waals surface area contributed by atoms with Crippen molar-refractivity contribution in [2.45, 2.75) is 4.90 Å². The van der Waals surface area contributed by atoms with Gasteiger partial charge in [-0.1, -0.05) is 12.1 Å². The highest BCUT2D eigenvalue weighted by Gasteiger charge is 2.27. The fourth-order valence-corrected chi connectivity index (χ4v) is 4.23. The molecule has 178 valence electrons. The first kappa shape index (κ1) is 23.9. The molecule has 0 radical (unpaired) electrons. The predicted octanol–water partition coefficient (Wildman–Crippen LogP) is 3.62. The number of nitro groups is 1. The zero-order valence-corrected chi connectivity index (χ0v) is 20.0. The molecule has 4 rings (SSSR count). The number of nitrogens with one attached hydrogen (secondary N) is 1. The van der Waals surface area contributed by atoms with Crippen LogP contribution in [-0.2, 0) is 0 Å². The van der Waals surface area contributed by atoms with Crippen LogP contribution in [0.1, 0.15) is 10.5 Å². The Labute approximate surface area is 202 Å². The van der Waals surface area contributed by atoms with Gasteiger partial charge in [0.1, 0.15) is 0 Å². The Morgan fingerprint density at radius 3 is 2.53 bits per heavy atom. The van der Waals surface area contributed by atoms with Crippen LogP contribution in [-0.4, -0.2) is 78.2 Å². The van der Waals surface area contributed by atoms with Crippen molar-refractivity contribution in [2.75, 3.05) is 52.6 Å². The lowest BCUT2D eigenvalue weighted by Crippen LogP contribution is -2.46. The minimum absolute atomic E-state index is 0.0385. The van der Waals surface area contributed by atoms with Gasteiger partial charge in [0.25, 0.3) is 11.6 Å². The standard InChI is InChI=1S/C24H27N5O4S/c1-27-13-15-28(16-14-27)12-11-25-23(30)21-22(19-5-3-4-6-20(19)29(31)32)33-24(26-21)17-7-9-18(34-2)10-8-17/h3-10H,11-16H2,1-2H3,(H,25,30). The number of aromatic nitrogens is 1. The van der Waals surface area contributed by atoms with Gasteiger partial charge in [0, 0.05) is 55.8 Å². The van der Waals surface area contributed by atoms with Crippen LogP contribution in [0.5, 0.6) is 0 Å². The van der Waals surface area contributed by atoms with Crippen LogP contribution in [0.2, 0.25) is 0 Å². The van der Waals surface area contributed by atoms with Crippen molar-refractivity contribution in [3.63, 3.8) is 0 Å². The van der Waals surface area contributed by atoms with Crippen molar-refractivity contribution < 1.29 is 14.1 Å². The quantitative estimate of drug-likeness (QED) is 0.296. The maximum Gasteiger partial charge on any atom is 0.280 e. The number of benzene rings is 2. The Morgan fingerprint density at radius 1 is 1.15 bits per heavy atom. The highest BCUT2D eigenvalue weighted by Crippen LogP contribution is 2.35. The van der Waals surface area contributed by atoms with Gasteiger partial charge in [-0.25, -0.2) is 4.98 Å². The Bertz CT molecular complexity index is 1160. The SMILES string of the molecule is CSc1ccc(-c2nc(C(=O)NCCN3CCN(C)CC3)c(-c3ccccc3[N+](=O)[O-])o2)cc1. The molecule has 0 atom stereocenters. The number of para-hydroxylation sites is 1. The third-order valence-electron chi connectivity index (χ3n) is 5.83. The zero-order chi connectivity index (χ0) is 24.1. The molecule has 1 aliphatic rings. The number of nitrogens with zero attached hydrogens (tertiary/aromatic N) is 4. The van der Waals surface area contributed by atoms with Crippen LogP contribution in [0.3, 0.4) is 0 Å². The molecule has 9 nitrogen and oxygen atoms in total. The van der Waals surface area contributed by atoms with Gasteiger partial charge in [0.2, 0.25) is 5.89 Å². The van der Waals surface area contributed by atoms with E-state index in [2.05, 4.69) is 27.1 Å². The lowest BCUT2D eigenvalue weighted by molar-refractivity contribution is -0.384. The number of hydrogen-bond donors (Lipinski definition) is 1. The molecular formula is C24H27N5O4S. The second kappa shape index (κ2) is 10.8. The number of hydrogen-bond acceptors (Lipinski definition) is 8. The van der Waals surface area contributed by atoms with E-state index in [0.29, 0.717) is 12.1 Å². The average Bonchev–Trinajstić information content (AvgIpc) is 3.31. The highest BCUT2D eigenvalue weighted by molar-refractivity contribution is 7.98. The summed E-state index contributed by atoms with van der Waals surface area (Å²) >= 11 is 1.61. The first-order chi connectivity index (χ1) is 16.5. The summed E-state index contributed by atoms with van der Waals surface area (Å²) in [4.78, 5) is 34.4.